The summed E-state index contributed by atoms with van der Waals surface area (Å²) in [6.07, 6.45) is 9.94. The van der Waals surface area contributed by atoms with E-state index in [2.05, 4.69) is 42.3 Å². The van der Waals surface area contributed by atoms with Crippen LogP contribution in [0.2, 0.25) is 0 Å². The minimum atomic E-state index is -0.0189. The Morgan fingerprint density at radius 3 is 2.42 bits per heavy atom. The van der Waals surface area contributed by atoms with E-state index in [9.17, 15) is 0 Å². The van der Waals surface area contributed by atoms with E-state index in [1.54, 1.807) is 5.56 Å². The predicted molar refractivity (Wildman–Crippen MR) is 84.8 cm³/mol. The first-order chi connectivity index (χ1) is 9.34. The fourth-order valence-corrected chi connectivity index (χ4v) is 6.72. The largest absolute Gasteiger partial charge is 0.292 e. The fourth-order valence-electron chi connectivity index (χ4n) is 3.65. The first kappa shape index (κ1) is 13.6. The first-order valence-electron chi connectivity index (χ1n) is 7.94. The molecule has 0 radical (unpaired) electrons. The van der Waals surface area contributed by atoms with E-state index in [4.69, 9.17) is 0 Å². The van der Waals surface area contributed by atoms with Crippen molar-refractivity contribution >= 4 is 8.07 Å². The lowest BCUT2D eigenvalue weighted by molar-refractivity contribution is 0.419. The maximum absolute atomic E-state index is 4.08. The Kier molecular flexibility index (Phi) is 4.56. The van der Waals surface area contributed by atoms with Crippen LogP contribution in [0.5, 0.6) is 0 Å². The summed E-state index contributed by atoms with van der Waals surface area (Å²) in [5, 5.41) is 4.08. The van der Waals surface area contributed by atoms with Crippen molar-refractivity contribution in [2.45, 2.75) is 69.2 Å². The molecule has 19 heavy (non-hydrogen) atoms. The number of rotatable bonds is 3. The van der Waals surface area contributed by atoms with Gasteiger partial charge in [0.05, 0.1) is 0 Å². The molecule has 2 fully saturated rings. The highest BCUT2D eigenvalue weighted by atomic mass is 31.1. The number of hydrogen-bond acceptors (Lipinski definition) is 1. The summed E-state index contributed by atoms with van der Waals surface area (Å²) in [6.45, 7) is 2.46. The molecule has 3 rings (SSSR count). The molecule has 1 nitrogen and oxygen atoms in total. The van der Waals surface area contributed by atoms with Crippen LogP contribution in [0, 0.1) is 0 Å². The molecule has 1 unspecified atom stereocenters. The van der Waals surface area contributed by atoms with Gasteiger partial charge in [-0.2, -0.15) is 0 Å². The van der Waals surface area contributed by atoms with Crippen LogP contribution in [0.1, 0.15) is 63.1 Å². The van der Waals surface area contributed by atoms with E-state index in [0.29, 0.717) is 0 Å². The minimum Gasteiger partial charge on any atom is -0.292 e. The molecule has 1 aliphatic heterocycles. The van der Waals surface area contributed by atoms with Crippen LogP contribution in [0.3, 0.4) is 0 Å². The van der Waals surface area contributed by atoms with Gasteiger partial charge in [-0.05, 0) is 45.0 Å². The fraction of sp³-hybridized carbons (Fsp3) is 0.647. The van der Waals surface area contributed by atoms with Gasteiger partial charge in [-0.3, -0.25) is 5.09 Å². The quantitative estimate of drug-likeness (QED) is 0.745. The van der Waals surface area contributed by atoms with Gasteiger partial charge in [0.25, 0.3) is 0 Å². The summed E-state index contributed by atoms with van der Waals surface area (Å²) in [6, 6.07) is 12.0. The van der Waals surface area contributed by atoms with Crippen LogP contribution in [-0.4, -0.2) is 11.7 Å². The van der Waals surface area contributed by atoms with E-state index in [1.165, 1.54) is 44.9 Å². The third-order valence-electron chi connectivity index (χ3n) is 4.79. The van der Waals surface area contributed by atoms with Crippen molar-refractivity contribution in [2.24, 2.45) is 0 Å². The molecule has 2 heteroatoms. The Balaban J connectivity index is 1.69. The zero-order valence-electron chi connectivity index (χ0n) is 12.0. The van der Waals surface area contributed by atoms with Crippen LogP contribution in [-0.2, 0) is 0 Å². The lowest BCUT2D eigenvalue weighted by Crippen LogP contribution is -2.29. The lowest BCUT2D eigenvalue weighted by atomic mass is 9.96. The highest BCUT2D eigenvalue weighted by Crippen LogP contribution is 2.61. The van der Waals surface area contributed by atoms with Gasteiger partial charge in [-0.15, -0.1) is 0 Å². The van der Waals surface area contributed by atoms with Crippen molar-refractivity contribution in [1.82, 2.24) is 5.09 Å². The topological polar surface area (TPSA) is 12.0 Å². The van der Waals surface area contributed by atoms with Crippen molar-refractivity contribution in [3.63, 3.8) is 0 Å². The van der Waals surface area contributed by atoms with Gasteiger partial charge in [0.1, 0.15) is 0 Å². The Bertz CT molecular complexity index is 386. The molecule has 1 N–H and O–H groups in total. The summed E-state index contributed by atoms with van der Waals surface area (Å²) >= 11 is 0. The number of benzene rings is 1. The molecule has 1 aliphatic carbocycles. The molecule has 2 aliphatic rings. The van der Waals surface area contributed by atoms with Gasteiger partial charge in [0.2, 0.25) is 0 Å². The molecule has 1 saturated carbocycles. The van der Waals surface area contributed by atoms with E-state index in [-0.39, 0.29) is 8.07 Å². The van der Waals surface area contributed by atoms with E-state index in [1.807, 2.05) is 0 Å². The number of hydrogen-bond donors (Lipinski definition) is 1. The first-order valence-corrected chi connectivity index (χ1v) is 9.42. The van der Waals surface area contributed by atoms with Crippen molar-refractivity contribution in [2.75, 3.05) is 0 Å². The monoisotopic (exact) mass is 275 g/mol. The van der Waals surface area contributed by atoms with Crippen LogP contribution >= 0.6 is 8.07 Å². The summed E-state index contributed by atoms with van der Waals surface area (Å²) in [7, 11) is -0.0189. The molecule has 104 valence electrons. The smallest absolute Gasteiger partial charge is 0.0175 e. The van der Waals surface area contributed by atoms with Crippen LogP contribution in [0.25, 0.3) is 0 Å². The maximum atomic E-state index is 4.08. The maximum Gasteiger partial charge on any atom is 0.0175 e. The molecular formula is C17H26NP. The van der Waals surface area contributed by atoms with Crippen molar-refractivity contribution in [3.8, 4) is 0 Å². The van der Waals surface area contributed by atoms with E-state index < -0.39 is 0 Å². The highest BCUT2D eigenvalue weighted by molar-refractivity contribution is 7.57. The van der Waals surface area contributed by atoms with E-state index in [0.717, 1.165) is 17.4 Å². The Morgan fingerprint density at radius 2 is 1.68 bits per heavy atom. The molecule has 0 spiro atoms. The van der Waals surface area contributed by atoms with E-state index >= 15 is 0 Å². The molecule has 1 aromatic carbocycles. The van der Waals surface area contributed by atoms with Gasteiger partial charge in [-0.1, -0.05) is 56.5 Å². The zero-order valence-corrected chi connectivity index (χ0v) is 12.9. The molecule has 0 aromatic heterocycles. The summed E-state index contributed by atoms with van der Waals surface area (Å²) in [4.78, 5) is 0. The zero-order chi connectivity index (χ0) is 13.1. The molecule has 1 saturated heterocycles. The lowest BCUT2D eigenvalue weighted by Gasteiger charge is -2.32. The van der Waals surface area contributed by atoms with Crippen molar-refractivity contribution in [3.05, 3.63) is 35.9 Å². The third-order valence-corrected chi connectivity index (χ3v) is 7.89. The summed E-state index contributed by atoms with van der Waals surface area (Å²) in [5.74, 6) is 0. The van der Waals surface area contributed by atoms with Gasteiger partial charge >= 0.3 is 0 Å². The highest BCUT2D eigenvalue weighted by Gasteiger charge is 2.35. The summed E-state index contributed by atoms with van der Waals surface area (Å²) < 4.78 is 0. The van der Waals surface area contributed by atoms with Gasteiger partial charge < -0.3 is 0 Å². The molecule has 0 amide bonds. The van der Waals surface area contributed by atoms with Gasteiger partial charge in [-0.25, -0.2) is 0 Å². The summed E-state index contributed by atoms with van der Waals surface area (Å²) in [5.41, 5.74) is 3.26. The molecular weight excluding hydrogens is 249 g/mol. The standard InChI is InChI=1S/C17H26NP/c1-14-12-13-17(15-8-4-2-5-9-15)19(14)18-16-10-6-3-7-11-16/h2,4-5,8-9,14,16-18H,3,6-7,10-13H2,1H3/t14-,17+,19?/m0/s1. The number of nitrogens with one attached hydrogen (secondary N) is 1. The Labute approximate surface area is 119 Å². The second-order valence-electron chi connectivity index (χ2n) is 6.22. The molecule has 1 heterocycles. The minimum absolute atomic E-state index is 0.0189. The average molecular weight is 275 g/mol. The Hall–Kier alpha value is -0.390. The second-order valence-corrected chi connectivity index (χ2v) is 8.80. The molecule has 1 aromatic rings. The predicted octanol–water partition coefficient (Wildman–Crippen LogP) is 5.23. The normalized spacial score (nSPS) is 32.6. The van der Waals surface area contributed by atoms with Crippen LogP contribution in [0.4, 0.5) is 0 Å². The van der Waals surface area contributed by atoms with Gasteiger partial charge in [0.15, 0.2) is 0 Å². The SMILES string of the molecule is C[C@H]1CC[C@H](c2ccccc2)P1NC1CCCCC1. The average Bonchev–Trinajstić information content (AvgIpc) is 2.82. The van der Waals surface area contributed by atoms with Crippen LogP contribution < -0.4 is 5.09 Å². The van der Waals surface area contributed by atoms with Crippen molar-refractivity contribution < 1.29 is 0 Å². The third kappa shape index (κ3) is 3.20. The molecule has 3 atom stereocenters. The molecule has 0 bridgehead atoms. The Morgan fingerprint density at radius 1 is 0.947 bits per heavy atom. The van der Waals surface area contributed by atoms with Gasteiger partial charge in [0, 0.05) is 11.7 Å². The van der Waals surface area contributed by atoms with Crippen molar-refractivity contribution in [1.29, 1.82) is 0 Å². The van der Waals surface area contributed by atoms with Crippen LogP contribution in [0.15, 0.2) is 30.3 Å². The second kappa shape index (κ2) is 6.37.